The molecule has 1 aromatic rings. The van der Waals surface area contributed by atoms with Crippen molar-refractivity contribution in [3.63, 3.8) is 0 Å². The summed E-state index contributed by atoms with van der Waals surface area (Å²) in [7, 11) is 0. The van der Waals surface area contributed by atoms with Gasteiger partial charge in [-0.05, 0) is 31.0 Å². The summed E-state index contributed by atoms with van der Waals surface area (Å²) in [6.07, 6.45) is 6.35. The number of benzene rings is 1. The monoisotopic (exact) mass is 283 g/mol. The maximum absolute atomic E-state index is 6.22. The van der Waals surface area contributed by atoms with Gasteiger partial charge in [0.2, 0.25) is 0 Å². The lowest BCUT2D eigenvalue weighted by molar-refractivity contribution is -0.547. The fraction of sp³-hybridized carbons (Fsp3) is 0.500. The Kier molecular flexibility index (Phi) is 3.60. The molecule has 0 aromatic heterocycles. The van der Waals surface area contributed by atoms with Crippen molar-refractivity contribution >= 4 is 29.4 Å². The number of fused-ring (bicyclic) bond motifs is 1. The van der Waals surface area contributed by atoms with Gasteiger partial charge in [0.1, 0.15) is 0 Å². The Labute approximate surface area is 118 Å². The highest BCUT2D eigenvalue weighted by atomic mass is 35.5. The molecule has 1 saturated heterocycles. The number of nitrogens with zero attached hydrogens (tertiary/aromatic N) is 2. The van der Waals surface area contributed by atoms with Crippen molar-refractivity contribution in [2.45, 2.75) is 31.8 Å². The van der Waals surface area contributed by atoms with E-state index in [0.717, 1.165) is 23.8 Å². The summed E-state index contributed by atoms with van der Waals surface area (Å²) in [5, 5.41) is 1.47. The summed E-state index contributed by atoms with van der Waals surface area (Å²) in [5.41, 5.74) is 1.15. The second-order valence-electron chi connectivity index (χ2n) is 5.15. The molecule has 0 bridgehead atoms. The Bertz CT molecular complexity index is 485. The molecule has 3 rings (SSSR count). The van der Waals surface area contributed by atoms with E-state index < -0.39 is 0 Å². The normalized spacial score (nSPS) is 23.9. The number of halogens is 2. The zero-order chi connectivity index (χ0) is 12.5. The van der Waals surface area contributed by atoms with Crippen molar-refractivity contribution in [3.8, 4) is 0 Å². The summed E-state index contributed by atoms with van der Waals surface area (Å²) in [5.74, 6) is 0. The lowest BCUT2D eigenvalue weighted by Gasteiger charge is -2.24. The van der Waals surface area contributed by atoms with Gasteiger partial charge in [0, 0.05) is 17.1 Å². The van der Waals surface area contributed by atoms with Crippen LogP contribution >= 0.6 is 23.2 Å². The minimum absolute atomic E-state index is 0.643. The minimum Gasteiger partial charge on any atom is -0.236 e. The number of rotatable bonds is 2. The van der Waals surface area contributed by atoms with Crippen LogP contribution in [-0.2, 0) is 6.54 Å². The Morgan fingerprint density at radius 1 is 1.28 bits per heavy atom. The number of piperidine rings is 1. The van der Waals surface area contributed by atoms with Gasteiger partial charge < -0.3 is 0 Å². The third kappa shape index (κ3) is 2.56. The molecule has 0 radical (unpaired) electrons. The van der Waals surface area contributed by atoms with Gasteiger partial charge in [0.15, 0.2) is 19.4 Å². The second kappa shape index (κ2) is 5.20. The van der Waals surface area contributed by atoms with Crippen LogP contribution in [0.3, 0.4) is 0 Å². The van der Waals surface area contributed by atoms with Crippen molar-refractivity contribution in [3.05, 3.63) is 33.8 Å². The Balaban J connectivity index is 1.73. The molecule has 2 aliphatic heterocycles. The van der Waals surface area contributed by atoms with Crippen LogP contribution in [0.4, 0.5) is 0 Å². The van der Waals surface area contributed by atoms with Crippen LogP contribution in [0.1, 0.15) is 24.8 Å². The summed E-state index contributed by atoms with van der Waals surface area (Å²) >= 11 is 12.1. The summed E-state index contributed by atoms with van der Waals surface area (Å²) < 4.78 is 2.37. The molecule has 2 nitrogen and oxygen atoms in total. The van der Waals surface area contributed by atoms with Crippen LogP contribution in [-0.4, -0.2) is 34.9 Å². The Morgan fingerprint density at radius 3 is 2.94 bits per heavy atom. The minimum atomic E-state index is 0.643. The van der Waals surface area contributed by atoms with E-state index in [2.05, 4.69) is 15.7 Å². The molecule has 0 spiro atoms. The molecular weight excluding hydrogens is 267 g/mol. The summed E-state index contributed by atoms with van der Waals surface area (Å²) in [6, 6.07) is 6.40. The molecule has 1 unspecified atom stereocenters. The molecule has 0 N–H and O–H groups in total. The van der Waals surface area contributed by atoms with E-state index in [1.807, 2.05) is 18.2 Å². The van der Waals surface area contributed by atoms with Crippen molar-refractivity contribution in [1.82, 2.24) is 4.90 Å². The molecule has 0 aliphatic carbocycles. The highest BCUT2D eigenvalue weighted by Crippen LogP contribution is 2.24. The topological polar surface area (TPSA) is 6.25 Å². The largest absolute Gasteiger partial charge is 0.236 e. The van der Waals surface area contributed by atoms with Gasteiger partial charge in [-0.15, -0.1) is 0 Å². The van der Waals surface area contributed by atoms with Gasteiger partial charge in [-0.2, -0.15) is 0 Å². The first-order chi connectivity index (χ1) is 8.72. The van der Waals surface area contributed by atoms with Crippen molar-refractivity contribution in [2.24, 2.45) is 0 Å². The molecule has 1 atom stereocenters. The van der Waals surface area contributed by atoms with E-state index in [1.165, 1.54) is 25.8 Å². The smallest absolute Gasteiger partial charge is 0.199 e. The van der Waals surface area contributed by atoms with E-state index in [1.54, 1.807) is 0 Å². The van der Waals surface area contributed by atoms with Crippen molar-refractivity contribution < 1.29 is 4.58 Å². The van der Waals surface area contributed by atoms with E-state index >= 15 is 0 Å². The van der Waals surface area contributed by atoms with Crippen molar-refractivity contribution in [1.29, 1.82) is 0 Å². The van der Waals surface area contributed by atoms with Crippen LogP contribution in [0.25, 0.3) is 0 Å². The third-order valence-electron chi connectivity index (χ3n) is 3.80. The van der Waals surface area contributed by atoms with Gasteiger partial charge in [-0.25, -0.2) is 9.48 Å². The molecule has 2 aliphatic rings. The lowest BCUT2D eigenvalue weighted by Crippen LogP contribution is -2.36. The lowest BCUT2D eigenvalue weighted by atomic mass is 10.1. The van der Waals surface area contributed by atoms with Gasteiger partial charge in [-0.1, -0.05) is 29.6 Å². The molecule has 1 fully saturated rings. The van der Waals surface area contributed by atoms with Crippen molar-refractivity contribution in [2.75, 3.05) is 13.2 Å². The van der Waals surface area contributed by atoms with Gasteiger partial charge >= 0.3 is 0 Å². The molecule has 2 heterocycles. The van der Waals surface area contributed by atoms with E-state index in [9.17, 15) is 0 Å². The fourth-order valence-electron chi connectivity index (χ4n) is 2.86. The summed E-state index contributed by atoms with van der Waals surface area (Å²) in [6.45, 7) is 3.14. The number of hydrogen-bond donors (Lipinski definition) is 0. The maximum Gasteiger partial charge on any atom is 0.199 e. The molecule has 0 saturated carbocycles. The maximum atomic E-state index is 6.22. The van der Waals surface area contributed by atoms with Gasteiger partial charge in [0.05, 0.1) is 11.1 Å². The van der Waals surface area contributed by atoms with Crippen LogP contribution in [0, 0.1) is 0 Å². The molecule has 0 amide bonds. The second-order valence-corrected chi connectivity index (χ2v) is 5.99. The van der Waals surface area contributed by atoms with Crippen LogP contribution in [0.2, 0.25) is 10.0 Å². The first kappa shape index (κ1) is 12.5. The van der Waals surface area contributed by atoms with Crippen LogP contribution in [0.5, 0.6) is 0 Å². The third-order valence-corrected chi connectivity index (χ3v) is 4.39. The predicted molar refractivity (Wildman–Crippen MR) is 75.7 cm³/mol. The van der Waals surface area contributed by atoms with E-state index in [0.29, 0.717) is 11.1 Å². The molecule has 18 heavy (non-hydrogen) atoms. The molecule has 1 aromatic carbocycles. The quantitative estimate of drug-likeness (QED) is 0.754. The fourth-order valence-corrected chi connectivity index (χ4v) is 3.32. The standard InChI is InChI=1S/C14H17Cl2N2/c15-12-5-4-11(14(16)7-12)8-17-9-13-3-1-2-6-18(13)10-17/h4-5,7,9,13H,1-3,6,8,10H2/q+1. The van der Waals surface area contributed by atoms with E-state index in [-0.39, 0.29) is 0 Å². The molecular formula is C14H17Cl2N2+. The SMILES string of the molecule is Clc1ccc(C[N+]2=CC3CCCCN3C2)c(Cl)c1. The van der Waals surface area contributed by atoms with Crippen LogP contribution in [0.15, 0.2) is 18.2 Å². The predicted octanol–water partition coefficient (Wildman–Crippen LogP) is 3.40. The average Bonchev–Trinajstić information content (AvgIpc) is 2.75. The highest BCUT2D eigenvalue weighted by molar-refractivity contribution is 6.35. The van der Waals surface area contributed by atoms with Gasteiger partial charge in [-0.3, -0.25) is 0 Å². The molecule has 96 valence electrons. The van der Waals surface area contributed by atoms with Crippen LogP contribution < -0.4 is 0 Å². The Hall–Kier alpha value is -0.570. The zero-order valence-corrected chi connectivity index (χ0v) is 11.8. The zero-order valence-electron chi connectivity index (χ0n) is 10.3. The first-order valence-corrected chi connectivity index (χ1v) is 7.25. The highest BCUT2D eigenvalue weighted by Gasteiger charge is 2.32. The number of hydrogen-bond acceptors (Lipinski definition) is 1. The Morgan fingerprint density at radius 2 is 2.17 bits per heavy atom. The van der Waals surface area contributed by atoms with Gasteiger partial charge in [0.25, 0.3) is 0 Å². The summed E-state index contributed by atoms with van der Waals surface area (Å²) in [4.78, 5) is 2.55. The average molecular weight is 284 g/mol. The molecule has 4 heteroatoms. The first-order valence-electron chi connectivity index (χ1n) is 6.49. The van der Waals surface area contributed by atoms with E-state index in [4.69, 9.17) is 23.2 Å².